The van der Waals surface area contributed by atoms with E-state index in [0.29, 0.717) is 22.0 Å². The summed E-state index contributed by atoms with van der Waals surface area (Å²) in [5.41, 5.74) is -0.981. The molecule has 1 aliphatic rings. The minimum atomic E-state index is -3.64. The Labute approximate surface area is 122 Å². The molecule has 5 nitrogen and oxygen atoms in total. The third-order valence-corrected chi connectivity index (χ3v) is 5.57. The topological polar surface area (TPSA) is 78.4 Å². The fourth-order valence-electron chi connectivity index (χ4n) is 1.53. The van der Waals surface area contributed by atoms with Crippen molar-refractivity contribution in [3.8, 4) is 0 Å². The summed E-state index contributed by atoms with van der Waals surface area (Å²) in [7, 11) is -3.64. The molecular weight excluding hydrogens is 388 g/mol. The molecule has 100 valence electrons. The van der Waals surface area contributed by atoms with Gasteiger partial charge >= 0.3 is 0 Å². The highest BCUT2D eigenvalue weighted by Crippen LogP contribution is 2.25. The Kier molecular flexibility index (Phi) is 4.15. The summed E-state index contributed by atoms with van der Waals surface area (Å²) in [6, 6.07) is 4.90. The molecule has 0 amide bonds. The SMILES string of the molecule is O=S(=O)(NCC1(O)CNC1)c1cc(Br)ccc1Br. The van der Waals surface area contributed by atoms with E-state index < -0.39 is 15.6 Å². The molecule has 0 saturated carbocycles. The van der Waals surface area contributed by atoms with E-state index >= 15 is 0 Å². The standard InChI is InChI=1S/C10H12Br2N2O3S/c11-7-1-2-8(12)9(3-7)18(16,17)14-6-10(15)4-13-5-10/h1-3,13-15H,4-6H2. The summed E-state index contributed by atoms with van der Waals surface area (Å²) in [6.07, 6.45) is 0. The van der Waals surface area contributed by atoms with Crippen LogP contribution in [0, 0.1) is 0 Å². The van der Waals surface area contributed by atoms with Gasteiger partial charge in [-0.25, -0.2) is 13.1 Å². The van der Waals surface area contributed by atoms with E-state index in [1.54, 1.807) is 12.1 Å². The Balaban J connectivity index is 2.17. The van der Waals surface area contributed by atoms with Gasteiger partial charge in [-0.3, -0.25) is 0 Å². The van der Waals surface area contributed by atoms with Gasteiger partial charge in [0.2, 0.25) is 10.0 Å². The molecule has 1 fully saturated rings. The number of benzene rings is 1. The number of hydrogen-bond acceptors (Lipinski definition) is 4. The quantitative estimate of drug-likeness (QED) is 0.700. The lowest BCUT2D eigenvalue weighted by Gasteiger charge is -2.37. The number of halogens is 2. The fraction of sp³-hybridized carbons (Fsp3) is 0.400. The lowest BCUT2D eigenvalue weighted by Crippen LogP contribution is -2.64. The minimum Gasteiger partial charge on any atom is -0.386 e. The van der Waals surface area contributed by atoms with E-state index in [9.17, 15) is 13.5 Å². The van der Waals surface area contributed by atoms with Crippen LogP contribution >= 0.6 is 31.9 Å². The second-order valence-electron chi connectivity index (χ2n) is 4.23. The molecule has 0 radical (unpaired) electrons. The summed E-state index contributed by atoms with van der Waals surface area (Å²) in [6.45, 7) is 0.797. The minimum absolute atomic E-state index is 0.00128. The Hall–Kier alpha value is 0.01000. The monoisotopic (exact) mass is 398 g/mol. The van der Waals surface area contributed by atoms with Gasteiger partial charge in [0.1, 0.15) is 5.60 Å². The summed E-state index contributed by atoms with van der Waals surface area (Å²) in [4.78, 5) is 0.146. The van der Waals surface area contributed by atoms with Crippen LogP contribution < -0.4 is 10.0 Å². The van der Waals surface area contributed by atoms with E-state index in [1.165, 1.54) is 6.07 Å². The molecule has 3 N–H and O–H groups in total. The maximum atomic E-state index is 12.1. The van der Waals surface area contributed by atoms with Crippen LogP contribution in [-0.4, -0.2) is 38.8 Å². The summed E-state index contributed by atoms with van der Waals surface area (Å²) >= 11 is 6.43. The van der Waals surface area contributed by atoms with Gasteiger partial charge in [-0.1, -0.05) is 15.9 Å². The average Bonchev–Trinajstić information content (AvgIpc) is 2.27. The second kappa shape index (κ2) is 5.18. The number of aliphatic hydroxyl groups is 1. The van der Waals surface area contributed by atoms with E-state index in [-0.39, 0.29) is 11.4 Å². The third-order valence-electron chi connectivity index (χ3n) is 2.68. The highest BCUT2D eigenvalue weighted by molar-refractivity contribution is 9.11. The Bertz CT molecular complexity index is 558. The van der Waals surface area contributed by atoms with Crippen LogP contribution in [0.5, 0.6) is 0 Å². The van der Waals surface area contributed by atoms with Crippen molar-refractivity contribution < 1.29 is 13.5 Å². The van der Waals surface area contributed by atoms with E-state index in [4.69, 9.17) is 0 Å². The van der Waals surface area contributed by atoms with Crippen LogP contribution in [0.15, 0.2) is 32.0 Å². The molecule has 0 atom stereocenters. The molecule has 1 saturated heterocycles. The molecule has 1 heterocycles. The number of sulfonamides is 1. The highest BCUT2D eigenvalue weighted by atomic mass is 79.9. The number of β-amino-alcohol motifs (C(OH)–C–C–N with tert-alkyl or cyclic N) is 1. The molecule has 0 bridgehead atoms. The molecule has 8 heteroatoms. The maximum absolute atomic E-state index is 12.1. The van der Waals surface area contributed by atoms with Crippen molar-refractivity contribution in [2.24, 2.45) is 0 Å². The Morgan fingerprint density at radius 1 is 1.39 bits per heavy atom. The van der Waals surface area contributed by atoms with Crippen molar-refractivity contribution in [1.82, 2.24) is 10.0 Å². The van der Waals surface area contributed by atoms with Gasteiger partial charge in [0.15, 0.2) is 0 Å². The van der Waals surface area contributed by atoms with Crippen molar-refractivity contribution in [2.45, 2.75) is 10.5 Å². The van der Waals surface area contributed by atoms with Crippen LogP contribution in [0.25, 0.3) is 0 Å². The molecular formula is C10H12Br2N2O3S. The average molecular weight is 400 g/mol. The van der Waals surface area contributed by atoms with Crippen molar-refractivity contribution >= 4 is 41.9 Å². The predicted octanol–water partition coefficient (Wildman–Crippen LogP) is 0.824. The number of nitrogens with one attached hydrogen (secondary N) is 2. The molecule has 0 aromatic heterocycles. The van der Waals surface area contributed by atoms with Gasteiger partial charge in [-0.15, -0.1) is 0 Å². The maximum Gasteiger partial charge on any atom is 0.241 e. The first-order chi connectivity index (χ1) is 8.32. The summed E-state index contributed by atoms with van der Waals surface area (Å²) in [5, 5.41) is 12.7. The first kappa shape index (κ1) is 14.4. The van der Waals surface area contributed by atoms with E-state index in [0.717, 1.165) is 0 Å². The van der Waals surface area contributed by atoms with E-state index in [1.807, 2.05) is 0 Å². The normalized spacial score (nSPS) is 18.4. The van der Waals surface area contributed by atoms with Gasteiger partial charge in [0, 0.05) is 28.6 Å². The van der Waals surface area contributed by atoms with Crippen molar-refractivity contribution in [1.29, 1.82) is 0 Å². The van der Waals surface area contributed by atoms with Gasteiger partial charge in [-0.05, 0) is 34.1 Å². The highest BCUT2D eigenvalue weighted by Gasteiger charge is 2.35. The van der Waals surface area contributed by atoms with Crippen LogP contribution in [0.1, 0.15) is 0 Å². The Morgan fingerprint density at radius 2 is 2.06 bits per heavy atom. The first-order valence-electron chi connectivity index (χ1n) is 5.20. The number of hydrogen-bond donors (Lipinski definition) is 3. The third kappa shape index (κ3) is 3.12. The van der Waals surface area contributed by atoms with Crippen LogP contribution in [0.4, 0.5) is 0 Å². The fourth-order valence-corrected chi connectivity index (χ4v) is 4.15. The first-order valence-corrected chi connectivity index (χ1v) is 8.27. The van der Waals surface area contributed by atoms with Crippen molar-refractivity contribution in [3.05, 3.63) is 27.1 Å². The number of rotatable bonds is 4. The summed E-state index contributed by atoms with van der Waals surface area (Å²) < 4.78 is 27.8. The molecule has 1 aliphatic heterocycles. The predicted molar refractivity (Wildman–Crippen MR) is 74.9 cm³/mol. The van der Waals surface area contributed by atoms with Crippen LogP contribution in [0.3, 0.4) is 0 Å². The van der Waals surface area contributed by atoms with Crippen LogP contribution in [-0.2, 0) is 10.0 Å². The smallest absolute Gasteiger partial charge is 0.241 e. The lowest BCUT2D eigenvalue weighted by molar-refractivity contribution is -0.00397. The second-order valence-corrected chi connectivity index (χ2v) is 7.73. The molecule has 0 spiro atoms. The van der Waals surface area contributed by atoms with Gasteiger partial charge in [0.05, 0.1) is 4.90 Å². The van der Waals surface area contributed by atoms with Gasteiger partial charge < -0.3 is 10.4 Å². The summed E-state index contributed by atoms with van der Waals surface area (Å²) in [5.74, 6) is 0. The molecule has 2 rings (SSSR count). The molecule has 1 aromatic rings. The van der Waals surface area contributed by atoms with E-state index in [2.05, 4.69) is 41.9 Å². The largest absolute Gasteiger partial charge is 0.386 e. The molecule has 1 aromatic carbocycles. The molecule has 0 unspecified atom stereocenters. The zero-order valence-electron chi connectivity index (χ0n) is 9.28. The van der Waals surface area contributed by atoms with Crippen LogP contribution in [0.2, 0.25) is 0 Å². The van der Waals surface area contributed by atoms with Gasteiger partial charge in [-0.2, -0.15) is 0 Å². The molecule has 18 heavy (non-hydrogen) atoms. The van der Waals surface area contributed by atoms with Crippen molar-refractivity contribution in [2.75, 3.05) is 19.6 Å². The Morgan fingerprint density at radius 3 is 2.61 bits per heavy atom. The lowest BCUT2D eigenvalue weighted by atomic mass is 9.98. The zero-order valence-corrected chi connectivity index (χ0v) is 13.3. The molecule has 0 aliphatic carbocycles. The zero-order chi connectivity index (χ0) is 13.4. The van der Waals surface area contributed by atoms with Gasteiger partial charge in [0.25, 0.3) is 0 Å². The van der Waals surface area contributed by atoms with Crippen molar-refractivity contribution in [3.63, 3.8) is 0 Å².